The third kappa shape index (κ3) is 7.03. The average Bonchev–Trinajstić information content (AvgIpc) is 2.41. The number of hydrogen-bond acceptors (Lipinski definition) is 2. The van der Waals surface area contributed by atoms with Gasteiger partial charge in [-0.3, -0.25) is 0 Å². The van der Waals surface area contributed by atoms with Crippen LogP contribution in [0.2, 0.25) is 5.02 Å². The van der Waals surface area contributed by atoms with Gasteiger partial charge in [-0.2, -0.15) is 0 Å². The van der Waals surface area contributed by atoms with Gasteiger partial charge in [-0.1, -0.05) is 29.8 Å². The van der Waals surface area contributed by atoms with Crippen LogP contribution in [0.5, 0.6) is 0 Å². The Labute approximate surface area is 119 Å². The second-order valence-electron chi connectivity index (χ2n) is 4.22. The van der Waals surface area contributed by atoms with Crippen LogP contribution in [0.1, 0.15) is 18.4 Å². The lowest BCUT2D eigenvalue weighted by Gasteiger charge is -2.07. The summed E-state index contributed by atoms with van der Waals surface area (Å²) < 4.78 is 4.84. The van der Waals surface area contributed by atoms with E-state index in [0.29, 0.717) is 19.7 Å². The number of ether oxygens (including phenoxy) is 1. The molecule has 0 radical (unpaired) electrons. The molecule has 1 aromatic rings. The molecular weight excluding hydrogens is 264 g/mol. The number of benzene rings is 1. The number of rotatable bonds is 8. The molecule has 0 spiro atoms. The number of carbonyl (C=O) groups excluding carboxylic acids is 1. The summed E-state index contributed by atoms with van der Waals surface area (Å²) in [6, 6.07) is 7.71. The molecule has 4 nitrogen and oxygen atoms in total. The van der Waals surface area contributed by atoms with E-state index in [2.05, 4.69) is 10.6 Å². The predicted octanol–water partition coefficient (Wildman–Crippen LogP) is 2.61. The molecule has 0 bridgehead atoms. The number of methoxy groups -OCH3 is 1. The Kier molecular flexibility index (Phi) is 8.02. The van der Waals surface area contributed by atoms with E-state index in [4.69, 9.17) is 16.3 Å². The van der Waals surface area contributed by atoms with Gasteiger partial charge >= 0.3 is 6.03 Å². The lowest BCUT2D eigenvalue weighted by atomic mass is 10.1. The van der Waals surface area contributed by atoms with Crippen LogP contribution in [0.3, 0.4) is 0 Å². The lowest BCUT2D eigenvalue weighted by molar-refractivity contribution is 0.196. The Bertz CT molecular complexity index is 385. The van der Waals surface area contributed by atoms with Crippen LogP contribution in [0.15, 0.2) is 24.3 Å². The molecule has 2 N–H and O–H groups in total. The Morgan fingerprint density at radius 1 is 1.21 bits per heavy atom. The van der Waals surface area contributed by atoms with Crippen LogP contribution < -0.4 is 10.6 Å². The standard InChI is InChI=1S/C14H21ClN2O2/c1-19-11-10-17-14(18)16-9-5-4-7-12-6-2-3-8-13(12)15/h2-3,6,8H,4-5,7,9-11H2,1H3,(H2,16,17,18). The van der Waals surface area contributed by atoms with Crippen molar-refractivity contribution in [3.8, 4) is 0 Å². The van der Waals surface area contributed by atoms with Gasteiger partial charge in [0.05, 0.1) is 6.61 Å². The van der Waals surface area contributed by atoms with Crippen molar-refractivity contribution in [1.29, 1.82) is 0 Å². The molecule has 0 fully saturated rings. The maximum atomic E-state index is 11.3. The van der Waals surface area contributed by atoms with Gasteiger partial charge in [0.25, 0.3) is 0 Å². The smallest absolute Gasteiger partial charge is 0.314 e. The van der Waals surface area contributed by atoms with E-state index in [1.807, 2.05) is 24.3 Å². The Morgan fingerprint density at radius 2 is 1.95 bits per heavy atom. The topological polar surface area (TPSA) is 50.4 Å². The second kappa shape index (κ2) is 9.64. The van der Waals surface area contributed by atoms with Gasteiger partial charge in [0.15, 0.2) is 0 Å². The molecule has 0 heterocycles. The second-order valence-corrected chi connectivity index (χ2v) is 4.63. The highest BCUT2D eigenvalue weighted by molar-refractivity contribution is 6.31. The van der Waals surface area contributed by atoms with Crippen molar-refractivity contribution in [2.24, 2.45) is 0 Å². The number of urea groups is 1. The van der Waals surface area contributed by atoms with Crippen LogP contribution in [0.25, 0.3) is 0 Å². The normalized spacial score (nSPS) is 10.2. The zero-order chi connectivity index (χ0) is 13.9. The van der Waals surface area contributed by atoms with Gasteiger partial charge in [0.1, 0.15) is 0 Å². The van der Waals surface area contributed by atoms with Crippen molar-refractivity contribution in [3.63, 3.8) is 0 Å². The van der Waals surface area contributed by atoms with E-state index in [9.17, 15) is 4.79 Å². The summed E-state index contributed by atoms with van der Waals surface area (Å²) in [6.45, 7) is 1.73. The first-order valence-electron chi connectivity index (χ1n) is 6.48. The summed E-state index contributed by atoms with van der Waals surface area (Å²) in [5, 5.41) is 6.32. The number of carbonyl (C=O) groups is 1. The zero-order valence-corrected chi connectivity index (χ0v) is 12.0. The number of halogens is 1. The van der Waals surface area contributed by atoms with Crippen molar-refractivity contribution in [1.82, 2.24) is 10.6 Å². The summed E-state index contributed by atoms with van der Waals surface area (Å²) in [5.41, 5.74) is 1.16. The first kappa shape index (κ1) is 15.8. The minimum Gasteiger partial charge on any atom is -0.383 e. The molecule has 5 heteroatoms. The number of unbranched alkanes of at least 4 members (excludes halogenated alkanes) is 1. The molecule has 0 saturated heterocycles. The van der Waals surface area contributed by atoms with Gasteiger partial charge in [-0.15, -0.1) is 0 Å². The zero-order valence-electron chi connectivity index (χ0n) is 11.2. The third-order valence-corrected chi connectivity index (χ3v) is 3.08. The summed E-state index contributed by atoms with van der Waals surface area (Å²) in [6.07, 6.45) is 2.87. The van der Waals surface area contributed by atoms with E-state index in [1.165, 1.54) is 0 Å². The first-order chi connectivity index (χ1) is 9.24. The largest absolute Gasteiger partial charge is 0.383 e. The summed E-state index contributed by atoms with van der Waals surface area (Å²) >= 11 is 6.07. The summed E-state index contributed by atoms with van der Waals surface area (Å²) in [7, 11) is 1.61. The molecule has 1 rings (SSSR count). The number of aryl methyl sites for hydroxylation is 1. The van der Waals surface area contributed by atoms with Crippen molar-refractivity contribution < 1.29 is 9.53 Å². The van der Waals surface area contributed by atoms with Gasteiger partial charge in [0, 0.05) is 25.2 Å². The SMILES string of the molecule is COCCNC(=O)NCCCCc1ccccc1Cl. The van der Waals surface area contributed by atoms with Crippen LogP contribution in [0.4, 0.5) is 4.79 Å². The van der Waals surface area contributed by atoms with Crippen LogP contribution >= 0.6 is 11.6 Å². The van der Waals surface area contributed by atoms with Crippen molar-refractivity contribution in [3.05, 3.63) is 34.9 Å². The molecule has 1 aromatic carbocycles. The fourth-order valence-corrected chi connectivity index (χ4v) is 1.90. The molecule has 19 heavy (non-hydrogen) atoms. The molecular formula is C14H21ClN2O2. The lowest BCUT2D eigenvalue weighted by Crippen LogP contribution is -2.37. The highest BCUT2D eigenvalue weighted by Gasteiger charge is 2.00. The van der Waals surface area contributed by atoms with Gasteiger partial charge in [-0.05, 0) is 30.9 Å². The summed E-state index contributed by atoms with van der Waals surface area (Å²) in [4.78, 5) is 11.3. The van der Waals surface area contributed by atoms with E-state index < -0.39 is 0 Å². The molecule has 0 aliphatic heterocycles. The molecule has 0 unspecified atom stereocenters. The monoisotopic (exact) mass is 284 g/mol. The van der Waals surface area contributed by atoms with Gasteiger partial charge < -0.3 is 15.4 Å². The van der Waals surface area contributed by atoms with E-state index in [0.717, 1.165) is 29.8 Å². The van der Waals surface area contributed by atoms with E-state index in [1.54, 1.807) is 7.11 Å². The molecule has 2 amide bonds. The van der Waals surface area contributed by atoms with E-state index >= 15 is 0 Å². The highest BCUT2D eigenvalue weighted by Crippen LogP contribution is 2.16. The minimum atomic E-state index is -0.144. The number of amides is 2. The Hall–Kier alpha value is -1.26. The average molecular weight is 285 g/mol. The van der Waals surface area contributed by atoms with Crippen LogP contribution in [0, 0.1) is 0 Å². The Morgan fingerprint density at radius 3 is 2.68 bits per heavy atom. The number of nitrogens with one attached hydrogen (secondary N) is 2. The molecule has 0 aliphatic carbocycles. The molecule has 0 saturated carbocycles. The first-order valence-corrected chi connectivity index (χ1v) is 6.86. The van der Waals surface area contributed by atoms with Crippen LogP contribution in [-0.2, 0) is 11.2 Å². The van der Waals surface area contributed by atoms with Gasteiger partial charge in [-0.25, -0.2) is 4.79 Å². The van der Waals surface area contributed by atoms with Crippen molar-refractivity contribution >= 4 is 17.6 Å². The minimum absolute atomic E-state index is 0.144. The fourth-order valence-electron chi connectivity index (χ4n) is 1.67. The highest BCUT2D eigenvalue weighted by atomic mass is 35.5. The quantitative estimate of drug-likeness (QED) is 0.721. The third-order valence-electron chi connectivity index (χ3n) is 2.71. The van der Waals surface area contributed by atoms with Crippen LogP contribution in [-0.4, -0.2) is 32.8 Å². The Balaban J connectivity index is 2.05. The number of hydrogen-bond donors (Lipinski definition) is 2. The molecule has 0 aliphatic rings. The molecule has 0 aromatic heterocycles. The summed E-state index contributed by atoms with van der Waals surface area (Å²) in [5.74, 6) is 0. The van der Waals surface area contributed by atoms with E-state index in [-0.39, 0.29) is 6.03 Å². The predicted molar refractivity (Wildman–Crippen MR) is 77.7 cm³/mol. The maximum Gasteiger partial charge on any atom is 0.314 e. The van der Waals surface area contributed by atoms with Crippen molar-refractivity contribution in [2.45, 2.75) is 19.3 Å². The maximum absolute atomic E-state index is 11.3. The molecule has 0 atom stereocenters. The fraction of sp³-hybridized carbons (Fsp3) is 0.500. The molecule has 106 valence electrons. The van der Waals surface area contributed by atoms with Crippen molar-refractivity contribution in [2.75, 3.05) is 26.8 Å². The van der Waals surface area contributed by atoms with Gasteiger partial charge in [0.2, 0.25) is 0 Å².